The first-order valence-corrected chi connectivity index (χ1v) is 7.60. The van der Waals surface area contributed by atoms with Crippen LogP contribution in [0.25, 0.3) is 0 Å². The van der Waals surface area contributed by atoms with Gasteiger partial charge in [0.15, 0.2) is 5.76 Å². The van der Waals surface area contributed by atoms with Crippen LogP contribution >= 0.6 is 0 Å². The molecule has 0 aliphatic rings. The predicted octanol–water partition coefficient (Wildman–Crippen LogP) is 2.86. The minimum absolute atomic E-state index is 0.185. The molecule has 0 aliphatic heterocycles. The molecule has 1 amide bonds. The van der Waals surface area contributed by atoms with Gasteiger partial charge in [0.2, 0.25) is 0 Å². The zero-order chi connectivity index (χ0) is 16.9. The Labute approximate surface area is 140 Å². The van der Waals surface area contributed by atoms with Crippen molar-refractivity contribution >= 4 is 5.91 Å². The molecule has 0 atom stereocenters. The second kappa shape index (κ2) is 7.04. The van der Waals surface area contributed by atoms with Crippen LogP contribution in [0.2, 0.25) is 0 Å². The van der Waals surface area contributed by atoms with E-state index in [9.17, 15) is 4.79 Å². The van der Waals surface area contributed by atoms with Crippen LogP contribution in [-0.4, -0.2) is 27.6 Å². The molecule has 0 bridgehead atoms. The first-order valence-electron chi connectivity index (χ1n) is 7.60. The number of furan rings is 1. The van der Waals surface area contributed by atoms with Crippen LogP contribution < -0.4 is 4.74 Å². The number of hydrogen-bond acceptors (Lipinski definition) is 4. The summed E-state index contributed by atoms with van der Waals surface area (Å²) in [5, 5.41) is 4.11. The molecule has 6 heteroatoms. The van der Waals surface area contributed by atoms with Crippen LogP contribution in [0.4, 0.5) is 0 Å². The van der Waals surface area contributed by atoms with Gasteiger partial charge in [0.25, 0.3) is 5.91 Å². The second-order valence-electron chi connectivity index (χ2n) is 5.56. The lowest BCUT2D eigenvalue weighted by molar-refractivity contribution is 0.0749. The van der Waals surface area contributed by atoms with E-state index in [-0.39, 0.29) is 12.5 Å². The van der Waals surface area contributed by atoms with Crippen molar-refractivity contribution in [2.24, 2.45) is 7.05 Å². The Morgan fingerprint density at radius 2 is 2.08 bits per heavy atom. The first kappa shape index (κ1) is 15.9. The molecule has 2 heterocycles. The number of para-hydroxylation sites is 1. The van der Waals surface area contributed by atoms with Crippen LogP contribution in [0, 0.1) is 0 Å². The lowest BCUT2D eigenvalue weighted by Crippen LogP contribution is -2.26. The highest BCUT2D eigenvalue weighted by Gasteiger charge is 2.20. The van der Waals surface area contributed by atoms with Crippen LogP contribution in [0.1, 0.15) is 21.7 Å². The number of hydrogen-bond donors (Lipinski definition) is 0. The van der Waals surface area contributed by atoms with Crippen LogP contribution in [0.3, 0.4) is 0 Å². The SMILES string of the molecule is CN(Cc1cnn(C)c1)C(=O)c1occc1COc1ccccc1. The molecule has 3 aromatic rings. The Morgan fingerprint density at radius 3 is 2.79 bits per heavy atom. The molecule has 0 fully saturated rings. The lowest BCUT2D eigenvalue weighted by atomic mass is 10.2. The summed E-state index contributed by atoms with van der Waals surface area (Å²) < 4.78 is 12.8. The van der Waals surface area contributed by atoms with E-state index < -0.39 is 0 Å². The fourth-order valence-corrected chi connectivity index (χ4v) is 2.39. The van der Waals surface area contributed by atoms with Crippen molar-refractivity contribution in [1.29, 1.82) is 0 Å². The van der Waals surface area contributed by atoms with E-state index >= 15 is 0 Å². The van der Waals surface area contributed by atoms with Gasteiger partial charge < -0.3 is 14.1 Å². The number of nitrogens with zero attached hydrogens (tertiary/aromatic N) is 3. The number of carbonyl (C=O) groups is 1. The average Bonchev–Trinajstić information content (AvgIpc) is 3.22. The Kier molecular flexibility index (Phi) is 4.65. The molecule has 0 radical (unpaired) electrons. The van der Waals surface area contributed by atoms with Gasteiger partial charge in [-0.15, -0.1) is 0 Å². The van der Waals surface area contributed by atoms with Crippen LogP contribution in [0.15, 0.2) is 59.5 Å². The zero-order valence-corrected chi connectivity index (χ0v) is 13.7. The quantitative estimate of drug-likeness (QED) is 0.699. The molecular formula is C18H19N3O3. The molecule has 0 saturated heterocycles. The summed E-state index contributed by atoms with van der Waals surface area (Å²) in [5.41, 5.74) is 1.68. The van der Waals surface area contributed by atoms with E-state index in [1.54, 1.807) is 28.9 Å². The van der Waals surface area contributed by atoms with Crippen LogP contribution in [-0.2, 0) is 20.2 Å². The maximum Gasteiger partial charge on any atom is 0.290 e. The van der Waals surface area contributed by atoms with E-state index in [2.05, 4.69) is 5.10 Å². The van der Waals surface area contributed by atoms with Gasteiger partial charge in [-0.2, -0.15) is 5.10 Å². The third-order valence-corrected chi connectivity index (χ3v) is 3.60. The monoisotopic (exact) mass is 325 g/mol. The third-order valence-electron chi connectivity index (χ3n) is 3.60. The molecule has 1 aromatic carbocycles. The van der Waals surface area contributed by atoms with Crippen molar-refractivity contribution in [3.8, 4) is 5.75 Å². The highest BCUT2D eigenvalue weighted by atomic mass is 16.5. The van der Waals surface area contributed by atoms with Gasteiger partial charge in [0.1, 0.15) is 12.4 Å². The third kappa shape index (κ3) is 3.65. The fourth-order valence-electron chi connectivity index (χ4n) is 2.39. The van der Waals surface area contributed by atoms with Gasteiger partial charge in [-0.1, -0.05) is 18.2 Å². The molecular weight excluding hydrogens is 306 g/mol. The highest BCUT2D eigenvalue weighted by Crippen LogP contribution is 2.17. The molecule has 0 aliphatic carbocycles. The molecule has 24 heavy (non-hydrogen) atoms. The standard InChI is InChI=1S/C18H19N3O3/c1-20(11-14-10-19-21(2)12-14)18(22)17-15(8-9-23-17)13-24-16-6-4-3-5-7-16/h3-10,12H,11,13H2,1-2H3. The van der Waals surface area contributed by atoms with E-state index in [1.165, 1.54) is 6.26 Å². The Hall–Kier alpha value is -3.02. The summed E-state index contributed by atoms with van der Waals surface area (Å²) in [5.74, 6) is 0.869. The number of carbonyl (C=O) groups excluding carboxylic acids is 1. The average molecular weight is 325 g/mol. The zero-order valence-electron chi connectivity index (χ0n) is 13.7. The van der Waals surface area contributed by atoms with E-state index in [0.29, 0.717) is 12.3 Å². The summed E-state index contributed by atoms with van der Waals surface area (Å²) in [6, 6.07) is 11.2. The van der Waals surface area contributed by atoms with E-state index in [0.717, 1.165) is 16.9 Å². The maximum absolute atomic E-state index is 12.6. The first-order chi connectivity index (χ1) is 11.6. The van der Waals surface area contributed by atoms with Gasteiger partial charge in [0, 0.05) is 38.0 Å². The minimum atomic E-state index is -0.185. The molecule has 0 unspecified atom stereocenters. The Bertz CT molecular complexity index is 808. The smallest absolute Gasteiger partial charge is 0.290 e. The van der Waals surface area contributed by atoms with Gasteiger partial charge in [-0.05, 0) is 18.2 Å². The van der Waals surface area contributed by atoms with Gasteiger partial charge in [-0.3, -0.25) is 9.48 Å². The predicted molar refractivity (Wildman–Crippen MR) is 88.5 cm³/mol. The summed E-state index contributed by atoms with van der Waals surface area (Å²) in [6.07, 6.45) is 5.13. The number of ether oxygens (including phenoxy) is 1. The number of aromatic nitrogens is 2. The number of benzene rings is 1. The Morgan fingerprint density at radius 1 is 1.29 bits per heavy atom. The molecule has 0 saturated carbocycles. The number of aryl methyl sites for hydroxylation is 1. The molecule has 6 nitrogen and oxygen atoms in total. The van der Waals surface area contributed by atoms with Crippen molar-refractivity contribution in [2.75, 3.05) is 7.05 Å². The summed E-state index contributed by atoms with van der Waals surface area (Å²) in [4.78, 5) is 14.2. The lowest BCUT2D eigenvalue weighted by Gasteiger charge is -2.15. The van der Waals surface area contributed by atoms with Gasteiger partial charge in [0.05, 0.1) is 12.5 Å². The summed E-state index contributed by atoms with van der Waals surface area (Å²) >= 11 is 0. The summed E-state index contributed by atoms with van der Waals surface area (Å²) in [6.45, 7) is 0.745. The van der Waals surface area contributed by atoms with Crippen molar-refractivity contribution in [1.82, 2.24) is 14.7 Å². The number of rotatable bonds is 6. The maximum atomic E-state index is 12.6. The number of amides is 1. The molecule has 0 spiro atoms. The minimum Gasteiger partial charge on any atom is -0.489 e. The van der Waals surface area contributed by atoms with E-state index in [1.807, 2.05) is 43.6 Å². The van der Waals surface area contributed by atoms with Crippen molar-refractivity contribution in [2.45, 2.75) is 13.2 Å². The highest BCUT2D eigenvalue weighted by molar-refractivity contribution is 5.92. The topological polar surface area (TPSA) is 60.5 Å². The molecule has 3 rings (SSSR count). The van der Waals surface area contributed by atoms with Crippen molar-refractivity contribution in [3.05, 3.63) is 71.9 Å². The molecule has 124 valence electrons. The normalized spacial score (nSPS) is 10.6. The molecule has 0 N–H and O–H groups in total. The van der Waals surface area contributed by atoms with Gasteiger partial charge in [-0.25, -0.2) is 0 Å². The van der Waals surface area contributed by atoms with Crippen LogP contribution in [0.5, 0.6) is 5.75 Å². The largest absolute Gasteiger partial charge is 0.489 e. The van der Waals surface area contributed by atoms with Crippen molar-refractivity contribution < 1.29 is 13.9 Å². The molecule has 2 aromatic heterocycles. The Balaban J connectivity index is 1.66. The van der Waals surface area contributed by atoms with Crippen molar-refractivity contribution in [3.63, 3.8) is 0 Å². The fraction of sp³-hybridized carbons (Fsp3) is 0.222. The summed E-state index contributed by atoms with van der Waals surface area (Å²) in [7, 11) is 3.58. The second-order valence-corrected chi connectivity index (χ2v) is 5.56. The van der Waals surface area contributed by atoms with Gasteiger partial charge >= 0.3 is 0 Å². The van der Waals surface area contributed by atoms with E-state index in [4.69, 9.17) is 9.15 Å².